The Morgan fingerprint density at radius 1 is 1.14 bits per heavy atom. The molecule has 158 valence electrons. The first-order valence-corrected chi connectivity index (χ1v) is 10.8. The highest BCUT2D eigenvalue weighted by Gasteiger charge is 2.32. The predicted octanol–water partition coefficient (Wildman–Crippen LogP) is 1.55. The first-order valence-electron chi connectivity index (χ1n) is 9.41. The number of carbonyl (C=O) groups excluding carboxylic acids is 2. The molecule has 9 nitrogen and oxygen atoms in total. The Bertz CT molecular complexity index is 1070. The summed E-state index contributed by atoms with van der Waals surface area (Å²) in [6, 6.07) is 0. The molecule has 2 aromatic heterocycles. The Balaban J connectivity index is 1.92. The molecule has 0 spiro atoms. The van der Waals surface area contributed by atoms with Crippen molar-refractivity contribution in [2.75, 3.05) is 26.3 Å². The molecule has 2 aromatic rings. The summed E-state index contributed by atoms with van der Waals surface area (Å²) in [5, 5.41) is 4.31. The number of carbonyl (C=O) groups is 2. The van der Waals surface area contributed by atoms with Gasteiger partial charge in [0.05, 0.1) is 30.3 Å². The summed E-state index contributed by atoms with van der Waals surface area (Å²) in [7, 11) is -3.72. The van der Waals surface area contributed by atoms with Crippen molar-refractivity contribution < 1.29 is 22.7 Å². The summed E-state index contributed by atoms with van der Waals surface area (Å²) in [5.74, 6) is -0.376. The standard InChI is InChI=1S/C19H26N4O5S/c1-11-17(15(5)24)12(2)20-18(11)16(25)10-23-14(4)19(13(3)21-23)29(26,27)22-6-8-28-9-7-22/h20H,6-10H2,1-5H3. The van der Waals surface area contributed by atoms with E-state index in [-0.39, 0.29) is 23.0 Å². The van der Waals surface area contributed by atoms with Crippen LogP contribution in [-0.4, -0.2) is 65.4 Å². The number of aryl methyl sites for hydroxylation is 2. The fraction of sp³-hybridized carbons (Fsp3) is 0.526. The third kappa shape index (κ3) is 3.79. The zero-order valence-electron chi connectivity index (χ0n) is 17.3. The van der Waals surface area contributed by atoms with Crippen molar-refractivity contribution in [3.8, 4) is 0 Å². The van der Waals surface area contributed by atoms with Crippen LogP contribution < -0.4 is 0 Å². The second-order valence-electron chi connectivity index (χ2n) is 7.28. The minimum atomic E-state index is -3.72. The molecule has 0 radical (unpaired) electrons. The highest BCUT2D eigenvalue weighted by Crippen LogP contribution is 2.25. The number of morpholine rings is 1. The van der Waals surface area contributed by atoms with Crippen molar-refractivity contribution >= 4 is 21.6 Å². The Morgan fingerprint density at radius 2 is 1.76 bits per heavy atom. The first kappa shape index (κ1) is 21.4. The number of sulfonamides is 1. The van der Waals surface area contributed by atoms with Gasteiger partial charge in [0.15, 0.2) is 5.78 Å². The molecule has 0 bridgehead atoms. The van der Waals surface area contributed by atoms with E-state index in [1.54, 1.807) is 27.7 Å². The Morgan fingerprint density at radius 3 is 2.31 bits per heavy atom. The molecular weight excluding hydrogens is 396 g/mol. The number of hydrogen-bond acceptors (Lipinski definition) is 6. The van der Waals surface area contributed by atoms with Gasteiger partial charge in [-0.05, 0) is 40.2 Å². The molecule has 10 heteroatoms. The lowest BCUT2D eigenvalue weighted by Crippen LogP contribution is -2.41. The van der Waals surface area contributed by atoms with Crippen LogP contribution in [0.3, 0.4) is 0 Å². The van der Waals surface area contributed by atoms with E-state index in [1.807, 2.05) is 0 Å². The lowest BCUT2D eigenvalue weighted by molar-refractivity contribution is 0.0730. The molecule has 1 fully saturated rings. The highest BCUT2D eigenvalue weighted by molar-refractivity contribution is 7.89. The normalized spacial score (nSPS) is 15.6. The fourth-order valence-corrected chi connectivity index (χ4v) is 5.68. The van der Waals surface area contributed by atoms with Crippen molar-refractivity contribution in [1.29, 1.82) is 0 Å². The summed E-state index contributed by atoms with van der Waals surface area (Å²) in [6.07, 6.45) is 0. The second-order valence-corrected chi connectivity index (χ2v) is 9.15. The SMILES string of the molecule is CC(=O)c1c(C)[nH]c(C(=O)Cn2nc(C)c(S(=O)(=O)N3CCOCC3)c2C)c1C. The van der Waals surface area contributed by atoms with Gasteiger partial charge in [-0.2, -0.15) is 9.40 Å². The van der Waals surface area contributed by atoms with E-state index < -0.39 is 10.0 Å². The molecular formula is C19H26N4O5S. The number of nitrogens with zero attached hydrogens (tertiary/aromatic N) is 3. The quantitative estimate of drug-likeness (QED) is 0.707. The minimum absolute atomic E-state index is 0.111. The third-order valence-corrected chi connectivity index (χ3v) is 7.40. The zero-order valence-corrected chi connectivity index (χ0v) is 18.1. The Kier molecular flexibility index (Phi) is 5.79. The number of ketones is 2. The lowest BCUT2D eigenvalue weighted by Gasteiger charge is -2.26. The van der Waals surface area contributed by atoms with Crippen LogP contribution in [-0.2, 0) is 21.3 Å². The van der Waals surface area contributed by atoms with Crippen molar-refractivity contribution in [1.82, 2.24) is 19.1 Å². The van der Waals surface area contributed by atoms with Crippen molar-refractivity contribution in [3.05, 3.63) is 33.9 Å². The molecule has 1 aliphatic rings. The number of ether oxygens (including phenoxy) is 1. The van der Waals surface area contributed by atoms with Gasteiger partial charge in [-0.25, -0.2) is 8.42 Å². The summed E-state index contributed by atoms with van der Waals surface area (Å²) in [4.78, 5) is 27.8. The summed E-state index contributed by atoms with van der Waals surface area (Å²) in [6.45, 7) is 9.38. The van der Waals surface area contributed by atoms with Crippen LogP contribution in [0.25, 0.3) is 0 Å². The number of nitrogens with one attached hydrogen (secondary N) is 1. The van der Waals surface area contributed by atoms with E-state index in [0.717, 1.165) is 0 Å². The maximum absolute atomic E-state index is 13.1. The van der Waals surface area contributed by atoms with Crippen LogP contribution in [0, 0.1) is 27.7 Å². The molecule has 0 amide bonds. The van der Waals surface area contributed by atoms with Gasteiger partial charge in [-0.15, -0.1) is 0 Å². The molecule has 0 aliphatic carbocycles. The molecule has 3 heterocycles. The maximum atomic E-state index is 13.1. The van der Waals surface area contributed by atoms with Crippen LogP contribution in [0.2, 0.25) is 0 Å². The van der Waals surface area contributed by atoms with Crippen LogP contribution in [0.15, 0.2) is 4.90 Å². The van der Waals surface area contributed by atoms with Gasteiger partial charge in [-0.1, -0.05) is 0 Å². The number of H-pyrrole nitrogens is 1. The topological polar surface area (TPSA) is 114 Å². The van der Waals surface area contributed by atoms with Crippen molar-refractivity contribution in [2.24, 2.45) is 0 Å². The van der Waals surface area contributed by atoms with E-state index in [4.69, 9.17) is 4.74 Å². The number of aromatic nitrogens is 3. The van der Waals surface area contributed by atoms with Gasteiger partial charge in [0.2, 0.25) is 15.8 Å². The molecule has 0 atom stereocenters. The second kappa shape index (κ2) is 7.85. The molecule has 0 saturated carbocycles. The van der Waals surface area contributed by atoms with Gasteiger partial charge in [0.25, 0.3) is 0 Å². The van der Waals surface area contributed by atoms with Crippen LogP contribution in [0.1, 0.15) is 50.4 Å². The Hall–Kier alpha value is -2.30. The van der Waals surface area contributed by atoms with E-state index in [9.17, 15) is 18.0 Å². The lowest BCUT2D eigenvalue weighted by atomic mass is 10.1. The molecule has 1 saturated heterocycles. The molecule has 0 aromatic carbocycles. The first-order chi connectivity index (χ1) is 13.6. The Labute approximate surface area is 170 Å². The zero-order chi connectivity index (χ0) is 21.5. The number of rotatable bonds is 6. The molecule has 1 aliphatic heterocycles. The van der Waals surface area contributed by atoms with Gasteiger partial charge in [0.1, 0.15) is 11.4 Å². The predicted molar refractivity (Wildman–Crippen MR) is 106 cm³/mol. The number of Topliss-reactive ketones (excluding diaryl/α,β-unsaturated/α-hetero) is 2. The highest BCUT2D eigenvalue weighted by atomic mass is 32.2. The fourth-order valence-electron chi connectivity index (χ4n) is 3.90. The van der Waals surface area contributed by atoms with Crippen molar-refractivity contribution in [3.63, 3.8) is 0 Å². The number of hydrogen-bond donors (Lipinski definition) is 1. The van der Waals surface area contributed by atoms with Crippen LogP contribution >= 0.6 is 0 Å². The average Bonchev–Trinajstić information content (AvgIpc) is 3.11. The van der Waals surface area contributed by atoms with Crippen LogP contribution in [0.5, 0.6) is 0 Å². The van der Waals surface area contributed by atoms with E-state index >= 15 is 0 Å². The molecule has 29 heavy (non-hydrogen) atoms. The molecule has 3 rings (SSSR count). The minimum Gasteiger partial charge on any atom is -0.379 e. The maximum Gasteiger partial charge on any atom is 0.246 e. The average molecular weight is 423 g/mol. The summed E-state index contributed by atoms with van der Waals surface area (Å²) in [5.41, 5.74) is 2.86. The monoisotopic (exact) mass is 422 g/mol. The summed E-state index contributed by atoms with van der Waals surface area (Å²) >= 11 is 0. The van der Waals surface area contributed by atoms with Crippen LogP contribution in [0.4, 0.5) is 0 Å². The third-order valence-electron chi connectivity index (χ3n) is 5.24. The van der Waals surface area contributed by atoms with E-state index in [2.05, 4.69) is 10.1 Å². The molecule has 1 N–H and O–H groups in total. The van der Waals surface area contributed by atoms with Gasteiger partial charge in [-0.3, -0.25) is 14.3 Å². The van der Waals surface area contributed by atoms with Crippen molar-refractivity contribution in [2.45, 2.75) is 46.1 Å². The van der Waals surface area contributed by atoms with E-state index in [0.29, 0.717) is 60.2 Å². The van der Waals surface area contributed by atoms with Gasteiger partial charge in [0, 0.05) is 24.3 Å². The molecule has 0 unspecified atom stereocenters. The smallest absolute Gasteiger partial charge is 0.246 e. The number of aromatic amines is 1. The van der Waals surface area contributed by atoms with E-state index in [1.165, 1.54) is 15.9 Å². The van der Waals surface area contributed by atoms with Gasteiger partial charge >= 0.3 is 0 Å². The van der Waals surface area contributed by atoms with Gasteiger partial charge < -0.3 is 9.72 Å². The summed E-state index contributed by atoms with van der Waals surface area (Å²) < 4.78 is 34.2. The largest absolute Gasteiger partial charge is 0.379 e.